The van der Waals surface area contributed by atoms with Crippen LogP contribution in [0.1, 0.15) is 113 Å². The fourth-order valence-electron chi connectivity index (χ4n) is 15.9. The first kappa shape index (κ1) is 60.0. The summed E-state index contributed by atoms with van der Waals surface area (Å²) in [6, 6.07) is 0. The van der Waals surface area contributed by atoms with E-state index in [1.54, 1.807) is 0 Å². The van der Waals surface area contributed by atoms with Gasteiger partial charge in [0.2, 0.25) is 0 Å². The van der Waals surface area contributed by atoms with Crippen molar-refractivity contribution in [2.24, 2.45) is 45.3 Å². The first-order chi connectivity index (χ1) is 35.1. The molecule has 0 amide bonds. The Labute approximate surface area is 439 Å². The number of aliphatic hydroxyl groups is 14. The Kier molecular flexibility index (Phi) is 18.1. The Bertz CT molecular complexity index is 1940. The highest BCUT2D eigenvalue weighted by Crippen LogP contribution is 2.76. The molecule has 75 heavy (non-hydrogen) atoms. The van der Waals surface area contributed by atoms with Crippen LogP contribution in [0.15, 0.2) is 11.6 Å². The quantitative estimate of drug-likeness (QED) is 0.0651. The van der Waals surface area contributed by atoms with E-state index in [0.717, 1.165) is 31.3 Å². The molecule has 4 aliphatic heterocycles. The maximum absolute atomic E-state index is 12.8. The molecule has 29 unspecified atom stereocenters. The summed E-state index contributed by atoms with van der Waals surface area (Å²) in [6.07, 6.45) is -22.0. The number of hydrogen-bond acceptors (Lipinski definition) is 22. The molecule has 0 spiro atoms. The van der Waals surface area contributed by atoms with Crippen molar-refractivity contribution < 1.29 is 109 Å². The third-order valence-corrected chi connectivity index (χ3v) is 20.5. The molecular formula is C53H90O22. The number of hydrogen-bond donors (Lipinski definition) is 14. The van der Waals surface area contributed by atoms with Gasteiger partial charge in [0.1, 0.15) is 91.6 Å². The summed E-state index contributed by atoms with van der Waals surface area (Å²) in [5.74, 6) is -0.331. The van der Waals surface area contributed by atoms with E-state index in [4.69, 9.17) is 37.9 Å². The molecule has 8 rings (SSSR count). The zero-order chi connectivity index (χ0) is 55.1. The SMILES string of the molecule is CC(C)=CCCC(C)(OC1OC(COC2OC(CO)C(O)C(O)C2O)C(O)C(O)C1O)C1CCC2(C)C1C(O)CC1C3(C)CCC(OC4OC(COC5OCC(O)C(O)C5O)C(O)C(O)C4O)C(C)(C)C3CCC12C. The molecular weight excluding hydrogens is 989 g/mol. The lowest BCUT2D eigenvalue weighted by Crippen LogP contribution is -2.67. The van der Waals surface area contributed by atoms with E-state index in [9.17, 15) is 71.5 Å². The van der Waals surface area contributed by atoms with E-state index in [2.05, 4.69) is 40.7 Å². The van der Waals surface area contributed by atoms with Crippen molar-refractivity contribution in [2.45, 2.75) is 248 Å². The molecule has 22 heteroatoms. The number of fused-ring (bicyclic) bond motifs is 5. The maximum atomic E-state index is 12.8. The number of aliphatic hydroxyl groups excluding tert-OH is 14. The van der Waals surface area contributed by atoms with Crippen LogP contribution in [0.3, 0.4) is 0 Å². The molecule has 0 aromatic rings. The van der Waals surface area contributed by atoms with Gasteiger partial charge >= 0.3 is 0 Å². The summed E-state index contributed by atoms with van der Waals surface area (Å²) in [6.45, 7) is 15.4. The van der Waals surface area contributed by atoms with Crippen molar-refractivity contribution in [3.8, 4) is 0 Å². The summed E-state index contributed by atoms with van der Waals surface area (Å²) in [5.41, 5.74) is -1.37. The van der Waals surface area contributed by atoms with Gasteiger partial charge in [0.15, 0.2) is 25.2 Å². The van der Waals surface area contributed by atoms with Gasteiger partial charge in [-0.05, 0) is 124 Å². The van der Waals surface area contributed by atoms with Crippen LogP contribution in [0, 0.1) is 45.3 Å². The monoisotopic (exact) mass is 1080 g/mol. The standard InChI is InChI=1S/C53H90O22/c1-23(2)10-9-14-53(8,75-48-44(67)40(63)37(60)29(73-48)22-70-46-42(65)38(61)35(58)27(19-54)71-46)24-11-16-52(7)33(24)25(55)18-31-50(5)15-13-32(49(3,4)30(50)12-17-51(31,52)6)74-47-43(66)39(62)36(59)28(72-47)21-69-45-41(64)34(57)26(56)20-68-45/h10,24-48,54-67H,9,11-22H2,1-8H3. The van der Waals surface area contributed by atoms with Crippen molar-refractivity contribution in [2.75, 3.05) is 26.4 Å². The van der Waals surface area contributed by atoms with Crippen LogP contribution >= 0.6 is 0 Å². The van der Waals surface area contributed by atoms with E-state index in [1.165, 1.54) is 0 Å². The summed E-state index contributed by atoms with van der Waals surface area (Å²) in [7, 11) is 0. The van der Waals surface area contributed by atoms with Gasteiger partial charge < -0.3 is 109 Å². The smallest absolute Gasteiger partial charge is 0.187 e. The van der Waals surface area contributed by atoms with Crippen LogP contribution in [0.5, 0.6) is 0 Å². The van der Waals surface area contributed by atoms with Crippen molar-refractivity contribution in [3.05, 3.63) is 11.6 Å². The van der Waals surface area contributed by atoms with Crippen LogP contribution in [-0.2, 0) is 37.9 Å². The molecule has 0 aromatic carbocycles. The molecule has 4 saturated carbocycles. The molecule has 8 aliphatic rings. The van der Waals surface area contributed by atoms with Gasteiger partial charge in [0.25, 0.3) is 0 Å². The van der Waals surface area contributed by atoms with Gasteiger partial charge in [0, 0.05) is 0 Å². The fourth-order valence-corrected chi connectivity index (χ4v) is 15.9. The van der Waals surface area contributed by atoms with Gasteiger partial charge in [-0.1, -0.05) is 46.3 Å². The van der Waals surface area contributed by atoms with Gasteiger partial charge in [-0.2, -0.15) is 0 Å². The van der Waals surface area contributed by atoms with Gasteiger partial charge in [-0.3, -0.25) is 0 Å². The number of ether oxygens (including phenoxy) is 8. The average Bonchev–Trinajstić information content (AvgIpc) is 3.75. The van der Waals surface area contributed by atoms with Crippen molar-refractivity contribution in [3.63, 3.8) is 0 Å². The van der Waals surface area contributed by atoms with Crippen LogP contribution in [0.4, 0.5) is 0 Å². The number of rotatable bonds is 15. The van der Waals surface area contributed by atoms with Crippen LogP contribution in [0.25, 0.3) is 0 Å². The largest absolute Gasteiger partial charge is 0.394 e. The number of allylic oxidation sites excluding steroid dienone is 2. The van der Waals surface area contributed by atoms with Gasteiger partial charge in [-0.15, -0.1) is 0 Å². The lowest BCUT2D eigenvalue weighted by Gasteiger charge is -2.71. The van der Waals surface area contributed by atoms with Crippen LogP contribution in [0.2, 0.25) is 0 Å². The molecule has 14 N–H and O–H groups in total. The van der Waals surface area contributed by atoms with Gasteiger partial charge in [-0.25, -0.2) is 0 Å². The van der Waals surface area contributed by atoms with E-state index in [0.29, 0.717) is 32.1 Å². The predicted molar refractivity (Wildman–Crippen MR) is 260 cm³/mol. The molecule has 4 aliphatic carbocycles. The van der Waals surface area contributed by atoms with E-state index in [1.807, 2.05) is 20.8 Å². The molecule has 22 nitrogen and oxygen atoms in total. The second kappa shape index (κ2) is 22.7. The topological polar surface area (TPSA) is 357 Å². The Morgan fingerprint density at radius 2 is 1.11 bits per heavy atom. The third-order valence-electron chi connectivity index (χ3n) is 20.5. The normalized spacial score (nSPS) is 52.7. The van der Waals surface area contributed by atoms with Crippen LogP contribution < -0.4 is 0 Å². The summed E-state index contributed by atoms with van der Waals surface area (Å²) in [5, 5.41) is 151. The van der Waals surface area contributed by atoms with Crippen LogP contribution in [-0.4, -0.2) is 232 Å². The molecule has 29 atom stereocenters. The van der Waals surface area contributed by atoms with Crippen molar-refractivity contribution >= 4 is 0 Å². The minimum atomic E-state index is -1.74. The van der Waals surface area contributed by atoms with Crippen molar-refractivity contribution in [1.82, 2.24) is 0 Å². The predicted octanol–water partition coefficient (Wildman–Crippen LogP) is -1.56. The lowest BCUT2D eigenvalue weighted by atomic mass is 9.35. The summed E-state index contributed by atoms with van der Waals surface area (Å²) >= 11 is 0. The Morgan fingerprint density at radius 3 is 1.72 bits per heavy atom. The third kappa shape index (κ3) is 10.7. The molecule has 434 valence electrons. The molecule has 0 bridgehead atoms. The fraction of sp³-hybridized carbons (Fsp3) is 0.962. The Morgan fingerprint density at radius 1 is 0.573 bits per heavy atom. The highest BCUT2D eigenvalue weighted by atomic mass is 16.7. The Balaban J connectivity index is 0.976. The second-order valence-electron chi connectivity index (χ2n) is 25.3. The van der Waals surface area contributed by atoms with Gasteiger partial charge in [0.05, 0.1) is 44.2 Å². The molecule has 8 fully saturated rings. The summed E-state index contributed by atoms with van der Waals surface area (Å²) in [4.78, 5) is 0. The zero-order valence-electron chi connectivity index (χ0n) is 44.7. The highest BCUT2D eigenvalue weighted by molar-refractivity contribution is 5.20. The average molecular weight is 1080 g/mol. The van der Waals surface area contributed by atoms with E-state index in [-0.39, 0.29) is 46.5 Å². The minimum absolute atomic E-state index is 0.0772. The zero-order valence-corrected chi connectivity index (χ0v) is 44.7. The Hall–Kier alpha value is -1.14. The van der Waals surface area contributed by atoms with E-state index >= 15 is 0 Å². The summed E-state index contributed by atoms with van der Waals surface area (Å²) < 4.78 is 48.1. The first-order valence-electron chi connectivity index (χ1n) is 27.3. The molecule has 4 heterocycles. The molecule has 4 saturated heterocycles. The van der Waals surface area contributed by atoms with Crippen molar-refractivity contribution in [1.29, 1.82) is 0 Å². The minimum Gasteiger partial charge on any atom is -0.394 e. The molecule has 0 aromatic heterocycles. The second-order valence-corrected chi connectivity index (χ2v) is 25.3. The molecule has 0 radical (unpaired) electrons. The highest BCUT2D eigenvalue weighted by Gasteiger charge is 2.72. The van der Waals surface area contributed by atoms with E-state index < -0.39 is 160 Å². The lowest BCUT2D eigenvalue weighted by molar-refractivity contribution is -0.350. The first-order valence-corrected chi connectivity index (χ1v) is 27.3. The maximum Gasteiger partial charge on any atom is 0.187 e.